The predicted molar refractivity (Wildman–Crippen MR) is 75.1 cm³/mol. The second kappa shape index (κ2) is 5.37. The molecule has 0 heterocycles. The van der Waals surface area contributed by atoms with Gasteiger partial charge < -0.3 is 5.32 Å². The minimum atomic E-state index is 0.742. The van der Waals surface area contributed by atoms with Crippen molar-refractivity contribution in [1.82, 2.24) is 0 Å². The second-order valence-corrected chi connectivity index (χ2v) is 4.62. The first-order chi connectivity index (χ1) is 7.79. The lowest BCUT2D eigenvalue weighted by atomic mass is 10.1. The van der Waals surface area contributed by atoms with E-state index in [0.29, 0.717) is 0 Å². The molecule has 0 aromatic heterocycles. The summed E-state index contributed by atoms with van der Waals surface area (Å²) in [4.78, 5) is 0. The second-order valence-electron chi connectivity index (χ2n) is 3.45. The van der Waals surface area contributed by atoms with Crippen LogP contribution in [-0.4, -0.2) is 6.54 Å². The van der Waals surface area contributed by atoms with Crippen molar-refractivity contribution >= 4 is 44.0 Å². The molecule has 0 fully saturated rings. The summed E-state index contributed by atoms with van der Waals surface area (Å²) in [5.41, 5.74) is 2.62. The van der Waals surface area contributed by atoms with Crippen LogP contribution in [0.3, 0.4) is 0 Å². The van der Waals surface area contributed by atoms with Crippen molar-refractivity contribution < 1.29 is 0 Å². The third-order valence-electron chi connectivity index (χ3n) is 2.32. The van der Waals surface area contributed by atoms with E-state index >= 15 is 0 Å². The van der Waals surface area contributed by atoms with Crippen molar-refractivity contribution in [3.63, 3.8) is 0 Å². The summed E-state index contributed by atoms with van der Waals surface area (Å²) in [5, 5.41) is 5.72. The SMILES string of the molecule is Cl/C=C/CNc1ccc2cc(Br)ccc2c1. The third-order valence-corrected chi connectivity index (χ3v) is 2.99. The van der Waals surface area contributed by atoms with Crippen LogP contribution in [0.15, 0.2) is 52.5 Å². The van der Waals surface area contributed by atoms with Gasteiger partial charge in [0.05, 0.1) is 0 Å². The molecule has 2 aromatic carbocycles. The number of rotatable bonds is 3. The van der Waals surface area contributed by atoms with E-state index < -0.39 is 0 Å². The van der Waals surface area contributed by atoms with Gasteiger partial charge in [-0.1, -0.05) is 45.7 Å². The Bertz CT molecular complexity index is 522. The molecule has 0 bridgehead atoms. The summed E-state index contributed by atoms with van der Waals surface area (Å²) < 4.78 is 1.10. The Labute approximate surface area is 108 Å². The fourth-order valence-corrected chi connectivity index (χ4v) is 2.02. The van der Waals surface area contributed by atoms with Crippen LogP contribution in [0.5, 0.6) is 0 Å². The molecule has 0 radical (unpaired) electrons. The number of hydrogen-bond donors (Lipinski definition) is 1. The standard InChI is InChI=1S/C13H11BrClN/c14-12-4-2-11-9-13(16-7-1-6-15)5-3-10(11)8-12/h1-6,8-9,16H,7H2/b6-1+. The van der Waals surface area contributed by atoms with E-state index in [0.717, 1.165) is 16.7 Å². The molecule has 0 unspecified atom stereocenters. The first-order valence-corrected chi connectivity index (χ1v) is 6.21. The van der Waals surface area contributed by atoms with Crippen molar-refractivity contribution in [2.75, 3.05) is 11.9 Å². The normalized spacial score (nSPS) is 11.1. The van der Waals surface area contributed by atoms with E-state index in [-0.39, 0.29) is 0 Å². The van der Waals surface area contributed by atoms with E-state index in [2.05, 4.69) is 51.6 Å². The van der Waals surface area contributed by atoms with Gasteiger partial charge in [0.2, 0.25) is 0 Å². The lowest BCUT2D eigenvalue weighted by Crippen LogP contribution is -1.97. The van der Waals surface area contributed by atoms with E-state index in [9.17, 15) is 0 Å². The number of anilines is 1. The van der Waals surface area contributed by atoms with Crippen LogP contribution in [-0.2, 0) is 0 Å². The minimum absolute atomic E-state index is 0.742. The minimum Gasteiger partial charge on any atom is -0.382 e. The summed E-state index contributed by atoms with van der Waals surface area (Å²) in [5.74, 6) is 0. The first-order valence-electron chi connectivity index (χ1n) is 4.98. The highest BCUT2D eigenvalue weighted by atomic mass is 79.9. The molecule has 2 rings (SSSR count). The Morgan fingerprint density at radius 1 is 1.12 bits per heavy atom. The molecule has 16 heavy (non-hydrogen) atoms. The van der Waals surface area contributed by atoms with Gasteiger partial charge >= 0.3 is 0 Å². The molecule has 82 valence electrons. The highest BCUT2D eigenvalue weighted by Gasteiger charge is 1.96. The maximum absolute atomic E-state index is 5.45. The highest BCUT2D eigenvalue weighted by molar-refractivity contribution is 9.10. The molecule has 0 aliphatic rings. The number of nitrogens with one attached hydrogen (secondary N) is 1. The van der Waals surface area contributed by atoms with Gasteiger partial charge in [-0.3, -0.25) is 0 Å². The van der Waals surface area contributed by atoms with Crippen LogP contribution in [0.1, 0.15) is 0 Å². The van der Waals surface area contributed by atoms with Gasteiger partial charge in [0.1, 0.15) is 0 Å². The van der Waals surface area contributed by atoms with Crippen molar-refractivity contribution in [2.45, 2.75) is 0 Å². The Balaban J connectivity index is 2.26. The van der Waals surface area contributed by atoms with Gasteiger partial charge in [0, 0.05) is 22.2 Å². The van der Waals surface area contributed by atoms with Gasteiger partial charge in [-0.15, -0.1) is 0 Å². The van der Waals surface area contributed by atoms with Crippen LogP contribution in [0.25, 0.3) is 10.8 Å². The lowest BCUT2D eigenvalue weighted by Gasteiger charge is -2.05. The maximum Gasteiger partial charge on any atom is 0.0349 e. The zero-order valence-corrected chi connectivity index (χ0v) is 10.9. The summed E-state index contributed by atoms with van der Waals surface area (Å²) in [7, 11) is 0. The van der Waals surface area contributed by atoms with E-state index in [4.69, 9.17) is 11.6 Å². The largest absolute Gasteiger partial charge is 0.382 e. The highest BCUT2D eigenvalue weighted by Crippen LogP contribution is 2.22. The van der Waals surface area contributed by atoms with Crippen molar-refractivity contribution in [1.29, 1.82) is 0 Å². The Morgan fingerprint density at radius 2 is 1.88 bits per heavy atom. The van der Waals surface area contributed by atoms with Crippen LogP contribution >= 0.6 is 27.5 Å². The molecular weight excluding hydrogens is 286 g/mol. The Morgan fingerprint density at radius 3 is 2.69 bits per heavy atom. The quantitative estimate of drug-likeness (QED) is 0.860. The molecule has 0 atom stereocenters. The van der Waals surface area contributed by atoms with E-state index in [1.165, 1.54) is 16.3 Å². The molecule has 0 saturated heterocycles. The van der Waals surface area contributed by atoms with Crippen LogP contribution < -0.4 is 5.32 Å². The average Bonchev–Trinajstić information content (AvgIpc) is 2.29. The number of halogens is 2. The smallest absolute Gasteiger partial charge is 0.0349 e. The molecule has 0 aliphatic heterocycles. The van der Waals surface area contributed by atoms with E-state index in [1.807, 2.05) is 12.1 Å². The van der Waals surface area contributed by atoms with Gasteiger partial charge in [-0.25, -0.2) is 0 Å². The Kier molecular flexibility index (Phi) is 3.86. The molecule has 0 amide bonds. The fourth-order valence-electron chi connectivity index (χ4n) is 1.55. The van der Waals surface area contributed by atoms with Gasteiger partial charge in [0.15, 0.2) is 0 Å². The van der Waals surface area contributed by atoms with Crippen molar-refractivity contribution in [2.24, 2.45) is 0 Å². The average molecular weight is 297 g/mol. The van der Waals surface area contributed by atoms with Crippen molar-refractivity contribution in [3.05, 3.63) is 52.5 Å². The summed E-state index contributed by atoms with van der Waals surface area (Å²) in [6, 6.07) is 12.6. The fraction of sp³-hybridized carbons (Fsp3) is 0.0769. The first kappa shape index (κ1) is 11.5. The third kappa shape index (κ3) is 2.77. The zero-order valence-electron chi connectivity index (χ0n) is 8.58. The Hall–Kier alpha value is -0.990. The van der Waals surface area contributed by atoms with Gasteiger partial charge in [-0.2, -0.15) is 0 Å². The number of hydrogen-bond acceptors (Lipinski definition) is 1. The summed E-state index contributed by atoms with van der Waals surface area (Å²) >= 11 is 8.92. The molecule has 0 aliphatic carbocycles. The van der Waals surface area contributed by atoms with Crippen LogP contribution in [0.2, 0.25) is 0 Å². The maximum atomic E-state index is 5.45. The topological polar surface area (TPSA) is 12.0 Å². The van der Waals surface area contributed by atoms with E-state index in [1.54, 1.807) is 0 Å². The molecule has 2 aromatic rings. The monoisotopic (exact) mass is 295 g/mol. The van der Waals surface area contributed by atoms with Gasteiger partial charge in [0.25, 0.3) is 0 Å². The molecule has 1 nitrogen and oxygen atoms in total. The lowest BCUT2D eigenvalue weighted by molar-refractivity contribution is 1.34. The van der Waals surface area contributed by atoms with Crippen LogP contribution in [0.4, 0.5) is 5.69 Å². The zero-order chi connectivity index (χ0) is 11.4. The van der Waals surface area contributed by atoms with Crippen molar-refractivity contribution in [3.8, 4) is 0 Å². The number of benzene rings is 2. The molecular formula is C13H11BrClN. The summed E-state index contributed by atoms with van der Waals surface area (Å²) in [6.07, 6.45) is 1.87. The molecule has 3 heteroatoms. The molecule has 1 N–H and O–H groups in total. The summed E-state index contributed by atoms with van der Waals surface area (Å²) in [6.45, 7) is 0.742. The van der Waals surface area contributed by atoms with Gasteiger partial charge in [-0.05, 0) is 35.0 Å². The molecule has 0 spiro atoms. The molecule has 0 saturated carbocycles. The van der Waals surface area contributed by atoms with Crippen LogP contribution in [0, 0.1) is 0 Å². The number of fused-ring (bicyclic) bond motifs is 1. The predicted octanol–water partition coefficient (Wildman–Crippen LogP) is 4.77.